The molecule has 1 aliphatic rings. The van der Waals surface area contributed by atoms with E-state index in [1.807, 2.05) is 25.1 Å². The molecule has 1 saturated carbocycles. The maximum atomic E-state index is 9.81. The van der Waals surface area contributed by atoms with Crippen molar-refractivity contribution in [3.8, 4) is 0 Å². The molecule has 19 heavy (non-hydrogen) atoms. The maximum Gasteiger partial charge on any atom is 0.134 e. The summed E-state index contributed by atoms with van der Waals surface area (Å²) in [5, 5.41) is 14.5. The Hall–Kier alpha value is -1.32. The maximum absolute atomic E-state index is 9.81. The summed E-state index contributed by atoms with van der Waals surface area (Å²) in [6, 6.07) is 8.15. The van der Waals surface area contributed by atoms with E-state index in [1.54, 1.807) is 0 Å². The van der Waals surface area contributed by atoms with Crippen molar-refractivity contribution in [1.29, 1.82) is 0 Å². The van der Waals surface area contributed by atoms with Crippen molar-refractivity contribution in [3.05, 3.63) is 35.6 Å². The van der Waals surface area contributed by atoms with Crippen molar-refractivity contribution in [2.24, 2.45) is 5.92 Å². The van der Waals surface area contributed by atoms with Crippen LogP contribution < -0.4 is 5.32 Å². The van der Waals surface area contributed by atoms with Crippen LogP contribution in [0.3, 0.4) is 0 Å². The normalized spacial score (nSPS) is 23.3. The summed E-state index contributed by atoms with van der Waals surface area (Å²) in [6.45, 7) is 3.72. The van der Waals surface area contributed by atoms with E-state index in [9.17, 15) is 5.11 Å². The summed E-state index contributed by atoms with van der Waals surface area (Å²) in [7, 11) is 0. The van der Waals surface area contributed by atoms with Gasteiger partial charge in [-0.25, -0.2) is 0 Å². The van der Waals surface area contributed by atoms with Gasteiger partial charge >= 0.3 is 0 Å². The third-order valence-electron chi connectivity index (χ3n) is 4.23. The fraction of sp³-hybridized carbons (Fsp3) is 0.500. The summed E-state index contributed by atoms with van der Waals surface area (Å²) in [5.74, 6) is 1.40. The van der Waals surface area contributed by atoms with Gasteiger partial charge in [0.2, 0.25) is 0 Å². The summed E-state index contributed by atoms with van der Waals surface area (Å²) in [6.07, 6.45) is 3.13. The molecule has 2 unspecified atom stereocenters. The lowest BCUT2D eigenvalue weighted by molar-refractivity contribution is 0.131. The van der Waals surface area contributed by atoms with Gasteiger partial charge in [0.1, 0.15) is 11.3 Å². The van der Waals surface area contributed by atoms with E-state index in [4.69, 9.17) is 4.42 Å². The van der Waals surface area contributed by atoms with Gasteiger partial charge in [-0.3, -0.25) is 0 Å². The van der Waals surface area contributed by atoms with Crippen LogP contribution in [0.2, 0.25) is 0 Å². The molecule has 3 nitrogen and oxygen atoms in total. The molecule has 2 aromatic rings. The zero-order valence-corrected chi connectivity index (χ0v) is 11.4. The van der Waals surface area contributed by atoms with Crippen molar-refractivity contribution in [2.45, 2.75) is 38.8 Å². The van der Waals surface area contributed by atoms with Gasteiger partial charge in [-0.05, 0) is 31.7 Å². The van der Waals surface area contributed by atoms with E-state index in [0.717, 1.165) is 43.7 Å². The minimum Gasteiger partial charge on any atom is -0.461 e. The van der Waals surface area contributed by atoms with Gasteiger partial charge in [-0.2, -0.15) is 0 Å². The monoisotopic (exact) mass is 259 g/mol. The third-order valence-corrected chi connectivity index (χ3v) is 4.23. The lowest BCUT2D eigenvalue weighted by atomic mass is 10.1. The van der Waals surface area contributed by atoms with Crippen molar-refractivity contribution >= 4 is 11.0 Å². The molecule has 0 bridgehead atoms. The predicted molar refractivity (Wildman–Crippen MR) is 76.0 cm³/mol. The Labute approximate surface area is 113 Å². The highest BCUT2D eigenvalue weighted by molar-refractivity contribution is 5.82. The Kier molecular flexibility index (Phi) is 3.58. The van der Waals surface area contributed by atoms with Gasteiger partial charge in [-0.1, -0.05) is 24.6 Å². The number of rotatable bonds is 4. The molecule has 1 fully saturated rings. The highest BCUT2D eigenvalue weighted by Crippen LogP contribution is 2.26. The zero-order chi connectivity index (χ0) is 13.2. The second-order valence-electron chi connectivity index (χ2n) is 5.52. The van der Waals surface area contributed by atoms with E-state index in [1.165, 1.54) is 10.9 Å². The van der Waals surface area contributed by atoms with Gasteiger partial charge in [-0.15, -0.1) is 0 Å². The fourth-order valence-corrected chi connectivity index (χ4v) is 3.08. The molecule has 0 saturated heterocycles. The first-order chi connectivity index (χ1) is 9.25. The molecule has 3 heteroatoms. The van der Waals surface area contributed by atoms with E-state index in [0.29, 0.717) is 5.92 Å². The van der Waals surface area contributed by atoms with Crippen LogP contribution >= 0.6 is 0 Å². The second-order valence-corrected chi connectivity index (χ2v) is 5.52. The van der Waals surface area contributed by atoms with Gasteiger partial charge < -0.3 is 14.8 Å². The number of para-hydroxylation sites is 1. The van der Waals surface area contributed by atoms with Crippen molar-refractivity contribution in [2.75, 3.05) is 6.54 Å². The highest BCUT2D eigenvalue weighted by Gasteiger charge is 2.24. The van der Waals surface area contributed by atoms with Gasteiger partial charge in [0.05, 0.1) is 6.10 Å². The predicted octanol–water partition coefficient (Wildman–Crippen LogP) is 2.99. The molecule has 1 heterocycles. The fourth-order valence-electron chi connectivity index (χ4n) is 3.08. The van der Waals surface area contributed by atoms with Crippen molar-refractivity contribution in [3.63, 3.8) is 0 Å². The SMILES string of the molecule is Cc1oc2ccccc2c1CNCC1CCCC1O. The minimum absolute atomic E-state index is 0.116. The molecule has 2 atom stereocenters. The van der Waals surface area contributed by atoms with E-state index >= 15 is 0 Å². The number of hydrogen-bond donors (Lipinski definition) is 2. The number of aliphatic hydroxyl groups excluding tert-OH is 1. The van der Waals surface area contributed by atoms with Crippen LogP contribution in [0.15, 0.2) is 28.7 Å². The first-order valence-corrected chi connectivity index (χ1v) is 7.11. The van der Waals surface area contributed by atoms with Crippen LogP contribution in [0.5, 0.6) is 0 Å². The number of benzene rings is 1. The average Bonchev–Trinajstić information content (AvgIpc) is 2.94. The molecule has 1 aromatic heterocycles. The van der Waals surface area contributed by atoms with E-state index in [-0.39, 0.29) is 6.10 Å². The molecular weight excluding hydrogens is 238 g/mol. The second kappa shape index (κ2) is 5.35. The Morgan fingerprint density at radius 1 is 1.32 bits per heavy atom. The Morgan fingerprint density at radius 3 is 2.95 bits per heavy atom. The molecule has 3 rings (SSSR count). The zero-order valence-electron chi connectivity index (χ0n) is 11.4. The molecule has 2 N–H and O–H groups in total. The Balaban J connectivity index is 1.66. The molecule has 102 valence electrons. The number of furan rings is 1. The van der Waals surface area contributed by atoms with Gasteiger partial charge in [0.25, 0.3) is 0 Å². The van der Waals surface area contributed by atoms with Crippen LogP contribution in [0, 0.1) is 12.8 Å². The standard InChI is InChI=1S/C16H21NO2/c1-11-14(13-6-2-3-8-16(13)19-11)10-17-9-12-5-4-7-15(12)18/h2-3,6,8,12,15,17-18H,4-5,7,9-10H2,1H3. The average molecular weight is 259 g/mol. The van der Waals surface area contributed by atoms with Gasteiger partial charge in [0, 0.05) is 24.0 Å². The smallest absolute Gasteiger partial charge is 0.134 e. The Morgan fingerprint density at radius 2 is 2.16 bits per heavy atom. The number of fused-ring (bicyclic) bond motifs is 1. The first kappa shape index (κ1) is 12.7. The van der Waals surface area contributed by atoms with Gasteiger partial charge in [0.15, 0.2) is 0 Å². The van der Waals surface area contributed by atoms with Crippen LogP contribution in [-0.2, 0) is 6.54 Å². The Bertz CT molecular complexity index is 561. The minimum atomic E-state index is -0.116. The lowest BCUT2D eigenvalue weighted by Crippen LogP contribution is -2.27. The molecular formula is C16H21NO2. The summed E-state index contributed by atoms with van der Waals surface area (Å²) in [4.78, 5) is 0. The van der Waals surface area contributed by atoms with E-state index in [2.05, 4.69) is 11.4 Å². The topological polar surface area (TPSA) is 45.4 Å². The summed E-state index contributed by atoms with van der Waals surface area (Å²) < 4.78 is 5.75. The van der Waals surface area contributed by atoms with Crippen LogP contribution in [-0.4, -0.2) is 17.8 Å². The quantitative estimate of drug-likeness (QED) is 0.887. The van der Waals surface area contributed by atoms with Crippen LogP contribution in [0.25, 0.3) is 11.0 Å². The van der Waals surface area contributed by atoms with Crippen LogP contribution in [0.4, 0.5) is 0 Å². The van der Waals surface area contributed by atoms with Crippen LogP contribution in [0.1, 0.15) is 30.6 Å². The molecule has 0 radical (unpaired) electrons. The number of hydrogen-bond acceptors (Lipinski definition) is 3. The lowest BCUT2D eigenvalue weighted by Gasteiger charge is -2.14. The van der Waals surface area contributed by atoms with E-state index < -0.39 is 0 Å². The molecule has 0 spiro atoms. The highest BCUT2D eigenvalue weighted by atomic mass is 16.3. The molecule has 1 aromatic carbocycles. The summed E-state index contributed by atoms with van der Waals surface area (Å²) in [5.41, 5.74) is 2.20. The number of nitrogens with one attached hydrogen (secondary N) is 1. The number of aryl methyl sites for hydroxylation is 1. The van der Waals surface area contributed by atoms with Crippen molar-refractivity contribution in [1.82, 2.24) is 5.32 Å². The third kappa shape index (κ3) is 2.53. The molecule has 0 aliphatic heterocycles. The number of aliphatic hydroxyl groups is 1. The molecule has 1 aliphatic carbocycles. The largest absolute Gasteiger partial charge is 0.461 e. The molecule has 0 amide bonds. The van der Waals surface area contributed by atoms with Crippen molar-refractivity contribution < 1.29 is 9.52 Å². The summed E-state index contributed by atoms with van der Waals surface area (Å²) >= 11 is 0. The first-order valence-electron chi connectivity index (χ1n) is 7.11.